The number of amides is 1. The number of aromatic nitrogens is 1. The van der Waals surface area contributed by atoms with Crippen molar-refractivity contribution in [1.82, 2.24) is 9.88 Å². The molecule has 0 radical (unpaired) electrons. The average Bonchev–Trinajstić information content (AvgIpc) is 2.96. The number of likely N-dealkylation sites (tertiary alicyclic amines) is 1. The Bertz CT molecular complexity index is 785. The summed E-state index contributed by atoms with van der Waals surface area (Å²) in [7, 11) is 0. The number of nitrogens with one attached hydrogen (secondary N) is 1. The minimum absolute atomic E-state index is 0.0481. The molecule has 1 amide bonds. The maximum Gasteiger partial charge on any atom is 0.335 e. The molecule has 6 heteroatoms. The zero-order valence-corrected chi connectivity index (χ0v) is 13.2. The van der Waals surface area contributed by atoms with Crippen LogP contribution in [0.4, 0.5) is 0 Å². The van der Waals surface area contributed by atoms with E-state index in [1.54, 1.807) is 4.90 Å². The van der Waals surface area contributed by atoms with E-state index in [1.165, 1.54) is 5.56 Å². The number of carbonyl (C=O) groups excluding carboxylic acids is 1. The van der Waals surface area contributed by atoms with E-state index in [0.717, 1.165) is 16.5 Å². The number of hydrogen-bond donors (Lipinski definition) is 3. The number of rotatable bonds is 2. The number of carbonyl (C=O) groups is 2. The van der Waals surface area contributed by atoms with Gasteiger partial charge in [-0.15, -0.1) is 0 Å². The van der Waals surface area contributed by atoms with E-state index in [1.807, 2.05) is 32.0 Å². The van der Waals surface area contributed by atoms with Gasteiger partial charge in [0.05, 0.1) is 0 Å². The summed E-state index contributed by atoms with van der Waals surface area (Å²) in [6, 6.07) is 5.81. The Morgan fingerprint density at radius 2 is 1.87 bits per heavy atom. The number of fused-ring (bicyclic) bond motifs is 1. The first-order chi connectivity index (χ1) is 10.8. The van der Waals surface area contributed by atoms with E-state index in [2.05, 4.69) is 4.98 Å². The van der Waals surface area contributed by atoms with Gasteiger partial charge in [-0.1, -0.05) is 6.07 Å². The van der Waals surface area contributed by atoms with Gasteiger partial charge in [-0.05, 0) is 37.1 Å². The molecule has 0 unspecified atom stereocenters. The topological polar surface area (TPSA) is 93.6 Å². The van der Waals surface area contributed by atoms with Gasteiger partial charge in [-0.25, -0.2) is 4.79 Å². The first-order valence-electron chi connectivity index (χ1n) is 7.66. The average molecular weight is 316 g/mol. The zero-order chi connectivity index (χ0) is 16.8. The van der Waals surface area contributed by atoms with Crippen molar-refractivity contribution in [2.45, 2.75) is 32.3 Å². The molecule has 1 aromatic carbocycles. The molecular formula is C17H20N2O4. The predicted molar refractivity (Wildman–Crippen MR) is 85.5 cm³/mol. The number of aryl methyl sites for hydroxylation is 2. The Kier molecular flexibility index (Phi) is 3.64. The molecule has 2 heterocycles. The lowest BCUT2D eigenvalue weighted by Crippen LogP contribution is -2.50. The normalized spacial score (nSPS) is 17.4. The molecule has 3 rings (SSSR count). The van der Waals surface area contributed by atoms with Crippen molar-refractivity contribution in [3.8, 4) is 0 Å². The van der Waals surface area contributed by atoms with E-state index >= 15 is 0 Å². The van der Waals surface area contributed by atoms with Gasteiger partial charge in [0.15, 0.2) is 5.60 Å². The van der Waals surface area contributed by atoms with Crippen LogP contribution in [0, 0.1) is 13.8 Å². The van der Waals surface area contributed by atoms with E-state index in [-0.39, 0.29) is 31.8 Å². The number of aliphatic carboxylic acids is 1. The number of hydrogen-bond acceptors (Lipinski definition) is 3. The number of carboxylic acids is 1. The van der Waals surface area contributed by atoms with Crippen LogP contribution in [0.25, 0.3) is 10.9 Å². The summed E-state index contributed by atoms with van der Waals surface area (Å²) in [4.78, 5) is 28.4. The predicted octanol–water partition coefficient (Wildman–Crippen LogP) is 1.84. The van der Waals surface area contributed by atoms with E-state index in [9.17, 15) is 14.7 Å². The SMILES string of the molecule is Cc1ccc2[nH]c(C(=O)N3CCC(O)(C(=O)O)CC3)cc2c1C. The van der Waals surface area contributed by atoms with Crippen LogP contribution in [0.2, 0.25) is 0 Å². The van der Waals surface area contributed by atoms with Gasteiger partial charge in [0, 0.05) is 36.8 Å². The molecule has 0 saturated carbocycles. The highest BCUT2D eigenvalue weighted by Crippen LogP contribution is 2.26. The number of nitrogens with zero attached hydrogens (tertiary/aromatic N) is 1. The molecule has 6 nitrogen and oxygen atoms in total. The Labute approximate surface area is 133 Å². The smallest absolute Gasteiger partial charge is 0.335 e. The number of carboxylic acid groups (broad SMARTS) is 1. The van der Waals surface area contributed by atoms with Crippen molar-refractivity contribution in [2.75, 3.05) is 13.1 Å². The summed E-state index contributed by atoms with van der Waals surface area (Å²) >= 11 is 0. The molecule has 0 spiro atoms. The quantitative estimate of drug-likeness (QED) is 0.788. The molecule has 1 aliphatic rings. The van der Waals surface area contributed by atoms with E-state index < -0.39 is 11.6 Å². The van der Waals surface area contributed by atoms with Crippen LogP contribution in [0.1, 0.15) is 34.5 Å². The lowest BCUT2D eigenvalue weighted by atomic mass is 9.91. The zero-order valence-electron chi connectivity index (χ0n) is 13.2. The van der Waals surface area contributed by atoms with Crippen LogP contribution < -0.4 is 0 Å². The summed E-state index contributed by atoms with van der Waals surface area (Å²) in [6.45, 7) is 4.51. The maximum absolute atomic E-state index is 12.6. The third kappa shape index (κ3) is 2.59. The lowest BCUT2D eigenvalue weighted by Gasteiger charge is -2.35. The summed E-state index contributed by atoms with van der Waals surface area (Å²) in [5, 5.41) is 20.0. The summed E-state index contributed by atoms with van der Waals surface area (Å²) in [6.07, 6.45) is 0.0961. The standard InChI is InChI=1S/C17H20N2O4/c1-10-3-4-13-12(11(10)2)9-14(18-13)15(20)19-7-5-17(23,6-8-19)16(21)22/h3-4,9,18,23H,5-8H2,1-2H3,(H,21,22). The van der Waals surface area contributed by atoms with Crippen molar-refractivity contribution in [3.63, 3.8) is 0 Å². The molecule has 122 valence electrons. The van der Waals surface area contributed by atoms with Crippen molar-refractivity contribution >= 4 is 22.8 Å². The number of aliphatic hydroxyl groups is 1. The minimum atomic E-state index is -1.72. The third-order valence-corrected chi connectivity index (χ3v) is 4.85. The third-order valence-electron chi connectivity index (χ3n) is 4.85. The lowest BCUT2D eigenvalue weighted by molar-refractivity contribution is -0.162. The first kappa shape index (κ1) is 15.6. The van der Waals surface area contributed by atoms with Crippen LogP contribution in [0.3, 0.4) is 0 Å². The largest absolute Gasteiger partial charge is 0.479 e. The van der Waals surface area contributed by atoms with E-state index in [0.29, 0.717) is 5.69 Å². The molecule has 2 aromatic rings. The number of benzene rings is 1. The Balaban J connectivity index is 1.82. The monoisotopic (exact) mass is 316 g/mol. The van der Waals surface area contributed by atoms with Crippen molar-refractivity contribution in [1.29, 1.82) is 0 Å². The molecule has 23 heavy (non-hydrogen) atoms. The van der Waals surface area contributed by atoms with Crippen LogP contribution in [0.5, 0.6) is 0 Å². The van der Waals surface area contributed by atoms with Crippen molar-refractivity contribution in [2.24, 2.45) is 0 Å². The van der Waals surface area contributed by atoms with Crippen molar-refractivity contribution < 1.29 is 19.8 Å². The van der Waals surface area contributed by atoms with Gasteiger partial charge in [-0.3, -0.25) is 4.79 Å². The number of aromatic amines is 1. The molecule has 1 fully saturated rings. The van der Waals surface area contributed by atoms with Crippen LogP contribution in [0.15, 0.2) is 18.2 Å². The van der Waals surface area contributed by atoms with Gasteiger partial charge >= 0.3 is 5.97 Å². The molecule has 0 aliphatic carbocycles. The van der Waals surface area contributed by atoms with Gasteiger partial charge in [0.2, 0.25) is 0 Å². The second-order valence-electron chi connectivity index (χ2n) is 6.28. The number of piperidine rings is 1. The van der Waals surface area contributed by atoms with Crippen molar-refractivity contribution in [3.05, 3.63) is 35.0 Å². The minimum Gasteiger partial charge on any atom is -0.479 e. The van der Waals surface area contributed by atoms with Crippen LogP contribution >= 0.6 is 0 Å². The van der Waals surface area contributed by atoms with Gasteiger partial charge in [0.1, 0.15) is 5.69 Å². The van der Waals surface area contributed by atoms with Crippen LogP contribution in [-0.4, -0.2) is 50.7 Å². The summed E-state index contributed by atoms with van der Waals surface area (Å²) in [5.74, 6) is -1.38. The molecule has 1 aromatic heterocycles. The van der Waals surface area contributed by atoms with Gasteiger partial charge < -0.3 is 20.1 Å². The highest BCUT2D eigenvalue weighted by Gasteiger charge is 2.40. The molecule has 1 saturated heterocycles. The summed E-state index contributed by atoms with van der Waals surface area (Å²) in [5.41, 5.74) is 1.99. The second-order valence-corrected chi connectivity index (χ2v) is 6.28. The Morgan fingerprint density at radius 1 is 1.22 bits per heavy atom. The molecule has 1 aliphatic heterocycles. The highest BCUT2D eigenvalue weighted by atomic mass is 16.4. The first-order valence-corrected chi connectivity index (χ1v) is 7.66. The van der Waals surface area contributed by atoms with Gasteiger partial charge in [-0.2, -0.15) is 0 Å². The summed E-state index contributed by atoms with van der Waals surface area (Å²) < 4.78 is 0. The highest BCUT2D eigenvalue weighted by molar-refractivity contribution is 5.99. The Morgan fingerprint density at radius 3 is 2.48 bits per heavy atom. The molecule has 3 N–H and O–H groups in total. The van der Waals surface area contributed by atoms with E-state index in [4.69, 9.17) is 5.11 Å². The molecule has 0 bridgehead atoms. The fourth-order valence-corrected chi connectivity index (χ4v) is 3.04. The molecule has 0 atom stereocenters. The fourth-order valence-electron chi connectivity index (χ4n) is 3.04. The fraction of sp³-hybridized carbons (Fsp3) is 0.412. The van der Waals surface area contributed by atoms with Gasteiger partial charge in [0.25, 0.3) is 5.91 Å². The molecular weight excluding hydrogens is 296 g/mol. The maximum atomic E-state index is 12.6. The Hall–Kier alpha value is -2.34. The second kappa shape index (κ2) is 5.38. The van der Waals surface area contributed by atoms with Crippen LogP contribution in [-0.2, 0) is 4.79 Å². The number of H-pyrrole nitrogens is 1.